The van der Waals surface area contributed by atoms with Crippen molar-refractivity contribution in [3.63, 3.8) is 0 Å². The second kappa shape index (κ2) is 4.99. The van der Waals surface area contributed by atoms with Crippen LogP contribution in [0.4, 0.5) is 5.69 Å². The zero-order chi connectivity index (χ0) is 10.1. The van der Waals surface area contributed by atoms with Gasteiger partial charge in [-0.2, -0.15) is 8.42 Å². The molecule has 7 heteroatoms. The molecule has 1 rings (SSSR count). The number of rotatable bonds is 2. The van der Waals surface area contributed by atoms with Gasteiger partial charge in [-0.25, -0.2) is 0 Å². The average molecular weight is 227 g/mol. The van der Waals surface area contributed by atoms with Crippen LogP contribution < -0.4 is 10.5 Å². The number of nitrogens with two attached hydrogens (primary N) is 1. The third-order valence-corrected chi connectivity index (χ3v) is 2.35. The van der Waals surface area contributed by atoms with Crippen molar-refractivity contribution >= 4 is 45.4 Å². The third-order valence-electron chi connectivity index (χ3n) is 1.50. The van der Waals surface area contributed by atoms with Crippen LogP contribution in [0.5, 0.6) is 5.75 Å². The maximum absolute atomic E-state index is 10.7. The number of methoxy groups -OCH3 is 1. The molecule has 0 atom stereocenters. The summed E-state index contributed by atoms with van der Waals surface area (Å²) in [6, 6.07) is 3.71. The Morgan fingerprint density at radius 1 is 1.43 bits per heavy atom. The molecule has 0 fully saturated rings. The van der Waals surface area contributed by atoms with Crippen molar-refractivity contribution in [3.8, 4) is 5.75 Å². The molecular formula is C7H10NNaO4S. The van der Waals surface area contributed by atoms with Crippen LogP contribution >= 0.6 is 0 Å². The fraction of sp³-hybridized carbons (Fsp3) is 0.143. The Balaban J connectivity index is 0.00000169. The fourth-order valence-corrected chi connectivity index (χ4v) is 1.35. The van der Waals surface area contributed by atoms with Gasteiger partial charge in [0.05, 0.1) is 17.7 Å². The first-order valence-electron chi connectivity index (χ1n) is 3.36. The Hall–Kier alpha value is -0.270. The van der Waals surface area contributed by atoms with E-state index in [2.05, 4.69) is 0 Å². The number of hydrogen-bond donors (Lipinski definition) is 2. The molecule has 0 aliphatic heterocycles. The van der Waals surface area contributed by atoms with Gasteiger partial charge in [0.25, 0.3) is 10.1 Å². The van der Waals surface area contributed by atoms with Gasteiger partial charge >= 0.3 is 29.6 Å². The van der Waals surface area contributed by atoms with Gasteiger partial charge in [-0.15, -0.1) is 0 Å². The number of ether oxygens (including phenoxy) is 1. The topological polar surface area (TPSA) is 89.6 Å². The molecule has 0 saturated heterocycles. The normalized spacial score (nSPS) is 10.4. The van der Waals surface area contributed by atoms with Crippen molar-refractivity contribution in [2.45, 2.75) is 4.90 Å². The summed E-state index contributed by atoms with van der Waals surface area (Å²) in [4.78, 5) is -0.237. The molecule has 0 amide bonds. The van der Waals surface area contributed by atoms with Crippen molar-refractivity contribution in [1.29, 1.82) is 0 Å². The predicted molar refractivity (Wildman–Crippen MR) is 54.4 cm³/mol. The predicted octanol–water partition coefficient (Wildman–Crippen LogP) is -0.124. The minimum absolute atomic E-state index is 0. The Morgan fingerprint density at radius 3 is 2.43 bits per heavy atom. The molecule has 0 unspecified atom stereocenters. The molecule has 0 aromatic heterocycles. The quantitative estimate of drug-likeness (QED) is 0.417. The molecule has 0 bridgehead atoms. The van der Waals surface area contributed by atoms with E-state index < -0.39 is 10.1 Å². The van der Waals surface area contributed by atoms with Crippen LogP contribution in [0.3, 0.4) is 0 Å². The summed E-state index contributed by atoms with van der Waals surface area (Å²) in [7, 11) is -2.83. The van der Waals surface area contributed by atoms with Crippen molar-refractivity contribution in [1.82, 2.24) is 0 Å². The van der Waals surface area contributed by atoms with Crippen LogP contribution in [0.15, 0.2) is 23.1 Å². The molecule has 0 radical (unpaired) electrons. The summed E-state index contributed by atoms with van der Waals surface area (Å²) in [6.07, 6.45) is 0. The van der Waals surface area contributed by atoms with Crippen LogP contribution in [0.1, 0.15) is 0 Å². The summed E-state index contributed by atoms with van der Waals surface area (Å²) < 4.78 is 34.8. The van der Waals surface area contributed by atoms with Crippen LogP contribution in [-0.2, 0) is 10.1 Å². The van der Waals surface area contributed by atoms with Gasteiger partial charge in [0, 0.05) is 6.07 Å². The van der Waals surface area contributed by atoms with Crippen molar-refractivity contribution in [3.05, 3.63) is 18.2 Å². The van der Waals surface area contributed by atoms with Gasteiger partial charge in [0.15, 0.2) is 0 Å². The van der Waals surface area contributed by atoms with Crippen molar-refractivity contribution in [2.75, 3.05) is 12.8 Å². The molecule has 1 aromatic rings. The minimum atomic E-state index is -4.19. The second-order valence-corrected chi connectivity index (χ2v) is 3.80. The Labute approximate surface area is 104 Å². The van der Waals surface area contributed by atoms with E-state index in [0.29, 0.717) is 5.69 Å². The zero-order valence-electron chi connectivity index (χ0n) is 6.89. The zero-order valence-corrected chi connectivity index (χ0v) is 7.71. The van der Waals surface area contributed by atoms with E-state index in [1.54, 1.807) is 0 Å². The van der Waals surface area contributed by atoms with Gasteiger partial charge in [-0.3, -0.25) is 4.55 Å². The van der Waals surface area contributed by atoms with E-state index in [4.69, 9.17) is 15.0 Å². The second-order valence-electron chi connectivity index (χ2n) is 2.38. The number of benzene rings is 1. The molecule has 0 aliphatic carbocycles. The molecule has 0 spiro atoms. The number of nitrogen functional groups attached to an aromatic ring is 1. The van der Waals surface area contributed by atoms with E-state index in [1.165, 1.54) is 19.2 Å². The van der Waals surface area contributed by atoms with Crippen molar-refractivity contribution in [2.24, 2.45) is 0 Å². The average Bonchev–Trinajstić information content (AvgIpc) is 2.03. The molecule has 14 heavy (non-hydrogen) atoms. The standard InChI is InChI=1S/C7H9NO4S.Na.H/c1-12-7-4-5(13(9,10)11)2-3-6(7)8;;/h2-4H,8H2,1H3,(H,9,10,11);;. The van der Waals surface area contributed by atoms with E-state index >= 15 is 0 Å². The van der Waals surface area contributed by atoms with E-state index in [1.807, 2.05) is 0 Å². The van der Waals surface area contributed by atoms with E-state index in [9.17, 15) is 8.42 Å². The molecule has 3 N–H and O–H groups in total. The first-order valence-corrected chi connectivity index (χ1v) is 4.80. The molecule has 0 saturated carbocycles. The van der Waals surface area contributed by atoms with Gasteiger partial charge in [-0.05, 0) is 12.1 Å². The van der Waals surface area contributed by atoms with Crippen LogP contribution in [0.2, 0.25) is 0 Å². The van der Waals surface area contributed by atoms with Gasteiger partial charge in [0.1, 0.15) is 5.75 Å². The first kappa shape index (κ1) is 13.7. The van der Waals surface area contributed by atoms with Crippen LogP contribution in [0, 0.1) is 0 Å². The third kappa shape index (κ3) is 3.14. The molecule has 5 nitrogen and oxygen atoms in total. The number of anilines is 1. The molecule has 0 heterocycles. The summed E-state index contributed by atoms with van der Waals surface area (Å²) in [5, 5.41) is 0. The molecule has 1 aromatic carbocycles. The maximum atomic E-state index is 10.7. The summed E-state index contributed by atoms with van der Waals surface area (Å²) in [5.74, 6) is 0.218. The number of hydrogen-bond acceptors (Lipinski definition) is 4. The Morgan fingerprint density at radius 2 is 2.00 bits per heavy atom. The molecule has 74 valence electrons. The molecule has 0 aliphatic rings. The Bertz CT molecular complexity index is 418. The molecular weight excluding hydrogens is 217 g/mol. The summed E-state index contributed by atoms with van der Waals surface area (Å²) in [6.45, 7) is 0. The van der Waals surface area contributed by atoms with E-state index in [-0.39, 0.29) is 40.2 Å². The fourth-order valence-electron chi connectivity index (χ4n) is 0.852. The van der Waals surface area contributed by atoms with Gasteiger partial charge in [0.2, 0.25) is 0 Å². The van der Waals surface area contributed by atoms with Crippen molar-refractivity contribution < 1.29 is 17.7 Å². The van der Waals surface area contributed by atoms with E-state index in [0.717, 1.165) is 6.07 Å². The monoisotopic (exact) mass is 227 g/mol. The first-order chi connectivity index (χ1) is 5.95. The summed E-state index contributed by atoms with van der Waals surface area (Å²) in [5.41, 5.74) is 5.76. The van der Waals surface area contributed by atoms with Crippen LogP contribution in [-0.4, -0.2) is 49.6 Å². The van der Waals surface area contributed by atoms with Gasteiger partial charge < -0.3 is 10.5 Å². The Kier molecular flexibility index (Phi) is 4.90. The SMILES string of the molecule is COc1cc(S(=O)(=O)O)ccc1N.[NaH]. The summed E-state index contributed by atoms with van der Waals surface area (Å²) >= 11 is 0. The van der Waals surface area contributed by atoms with Gasteiger partial charge in [-0.1, -0.05) is 0 Å². The van der Waals surface area contributed by atoms with Crippen LogP contribution in [0.25, 0.3) is 0 Å².